The number of carbonyl (C=O) groups excluding carboxylic acids is 1. The monoisotopic (exact) mass is 263 g/mol. The van der Waals surface area contributed by atoms with Crippen LogP contribution in [0, 0.1) is 0 Å². The SMILES string of the molecule is CCC(C)N(CC)C(C)C(=O)Nc1cccc(N)c1. The van der Waals surface area contributed by atoms with Crippen molar-refractivity contribution in [3.8, 4) is 0 Å². The summed E-state index contributed by atoms with van der Waals surface area (Å²) >= 11 is 0. The third-order valence-corrected chi connectivity index (χ3v) is 3.55. The molecule has 0 heterocycles. The Morgan fingerprint density at radius 2 is 2.05 bits per heavy atom. The molecule has 0 radical (unpaired) electrons. The quantitative estimate of drug-likeness (QED) is 0.776. The number of rotatable bonds is 6. The van der Waals surface area contributed by atoms with E-state index in [0.29, 0.717) is 11.7 Å². The van der Waals surface area contributed by atoms with Crippen LogP contribution in [0.1, 0.15) is 34.1 Å². The molecular formula is C15H25N3O. The molecule has 1 aromatic carbocycles. The van der Waals surface area contributed by atoms with Crippen LogP contribution in [0.25, 0.3) is 0 Å². The van der Waals surface area contributed by atoms with Gasteiger partial charge in [-0.3, -0.25) is 9.69 Å². The number of hydrogen-bond donors (Lipinski definition) is 2. The Balaban J connectivity index is 2.71. The van der Waals surface area contributed by atoms with Crippen molar-refractivity contribution in [1.29, 1.82) is 0 Å². The lowest BCUT2D eigenvalue weighted by molar-refractivity contribution is -0.121. The first-order valence-corrected chi connectivity index (χ1v) is 6.91. The Kier molecular flexibility index (Phi) is 5.83. The second-order valence-electron chi connectivity index (χ2n) is 4.88. The number of nitrogens with one attached hydrogen (secondary N) is 1. The molecule has 0 aliphatic rings. The Hall–Kier alpha value is -1.55. The van der Waals surface area contributed by atoms with Crippen LogP contribution in [0.4, 0.5) is 11.4 Å². The Morgan fingerprint density at radius 3 is 2.58 bits per heavy atom. The van der Waals surface area contributed by atoms with Crippen molar-refractivity contribution in [1.82, 2.24) is 4.90 Å². The van der Waals surface area contributed by atoms with Crippen LogP contribution in [0.5, 0.6) is 0 Å². The maximum absolute atomic E-state index is 12.3. The number of nitrogens with zero attached hydrogens (tertiary/aromatic N) is 1. The summed E-state index contributed by atoms with van der Waals surface area (Å²) in [7, 11) is 0. The maximum atomic E-state index is 12.3. The van der Waals surface area contributed by atoms with Gasteiger partial charge in [0.25, 0.3) is 0 Å². The van der Waals surface area contributed by atoms with E-state index in [1.807, 2.05) is 19.1 Å². The fourth-order valence-electron chi connectivity index (χ4n) is 2.22. The first kappa shape index (κ1) is 15.5. The molecule has 0 aliphatic heterocycles. The van der Waals surface area contributed by atoms with Crippen LogP contribution in [0.3, 0.4) is 0 Å². The van der Waals surface area contributed by atoms with E-state index in [1.54, 1.807) is 12.1 Å². The van der Waals surface area contributed by atoms with Gasteiger partial charge in [0.15, 0.2) is 0 Å². The van der Waals surface area contributed by atoms with Crippen LogP contribution >= 0.6 is 0 Å². The van der Waals surface area contributed by atoms with Gasteiger partial charge >= 0.3 is 0 Å². The molecule has 4 nitrogen and oxygen atoms in total. The number of amides is 1. The molecule has 2 atom stereocenters. The average molecular weight is 263 g/mol. The summed E-state index contributed by atoms with van der Waals surface area (Å²) in [6, 6.07) is 7.50. The van der Waals surface area contributed by atoms with Crippen LogP contribution in [0.15, 0.2) is 24.3 Å². The van der Waals surface area contributed by atoms with Gasteiger partial charge < -0.3 is 11.1 Å². The summed E-state index contributed by atoms with van der Waals surface area (Å²) in [4.78, 5) is 14.4. The molecule has 0 fully saturated rings. The fourth-order valence-corrected chi connectivity index (χ4v) is 2.22. The summed E-state index contributed by atoms with van der Waals surface area (Å²) < 4.78 is 0. The number of anilines is 2. The first-order chi connectivity index (χ1) is 8.99. The van der Waals surface area contributed by atoms with Gasteiger partial charge in [0.1, 0.15) is 0 Å². The minimum absolute atomic E-state index is 0.00718. The number of likely N-dealkylation sites (N-methyl/N-ethyl adjacent to an activating group) is 1. The topological polar surface area (TPSA) is 58.4 Å². The minimum Gasteiger partial charge on any atom is -0.399 e. The van der Waals surface area contributed by atoms with Crippen molar-refractivity contribution >= 4 is 17.3 Å². The van der Waals surface area contributed by atoms with Crippen molar-refractivity contribution in [2.24, 2.45) is 0 Å². The van der Waals surface area contributed by atoms with Crippen molar-refractivity contribution in [3.63, 3.8) is 0 Å². The Labute approximate surface area is 116 Å². The van der Waals surface area contributed by atoms with E-state index in [2.05, 4.69) is 31.0 Å². The van der Waals surface area contributed by atoms with Gasteiger partial charge in [0.2, 0.25) is 5.91 Å². The summed E-state index contributed by atoms with van der Waals surface area (Å²) in [6.07, 6.45) is 1.03. The predicted molar refractivity (Wildman–Crippen MR) is 81.1 cm³/mol. The molecule has 1 aromatic rings. The minimum atomic E-state index is -0.151. The van der Waals surface area contributed by atoms with Gasteiger partial charge in [-0.15, -0.1) is 0 Å². The van der Waals surface area contributed by atoms with E-state index in [0.717, 1.165) is 18.7 Å². The summed E-state index contributed by atoms with van der Waals surface area (Å²) in [6.45, 7) is 9.16. The molecule has 0 aliphatic carbocycles. The summed E-state index contributed by atoms with van der Waals surface area (Å²) in [5, 5.41) is 2.92. The van der Waals surface area contributed by atoms with E-state index in [-0.39, 0.29) is 11.9 Å². The van der Waals surface area contributed by atoms with Gasteiger partial charge in [0, 0.05) is 17.4 Å². The number of nitrogen functional groups attached to an aromatic ring is 1. The largest absolute Gasteiger partial charge is 0.399 e. The smallest absolute Gasteiger partial charge is 0.241 e. The summed E-state index contributed by atoms with van der Waals surface area (Å²) in [5.41, 5.74) is 7.10. The van der Waals surface area contributed by atoms with E-state index in [4.69, 9.17) is 5.73 Å². The lowest BCUT2D eigenvalue weighted by atomic mass is 10.1. The fraction of sp³-hybridized carbons (Fsp3) is 0.533. The van der Waals surface area contributed by atoms with Gasteiger partial charge in [-0.25, -0.2) is 0 Å². The molecule has 0 saturated heterocycles. The van der Waals surface area contributed by atoms with E-state index in [9.17, 15) is 4.79 Å². The number of carbonyl (C=O) groups is 1. The number of nitrogens with two attached hydrogens (primary N) is 1. The molecule has 0 aromatic heterocycles. The highest BCUT2D eigenvalue weighted by molar-refractivity contribution is 5.94. The van der Waals surface area contributed by atoms with Crippen LogP contribution in [0.2, 0.25) is 0 Å². The van der Waals surface area contributed by atoms with Crippen LogP contribution < -0.4 is 11.1 Å². The highest BCUT2D eigenvalue weighted by Gasteiger charge is 2.23. The molecule has 3 N–H and O–H groups in total. The summed E-state index contributed by atoms with van der Waals surface area (Å²) in [5.74, 6) is 0.00718. The lowest BCUT2D eigenvalue weighted by Crippen LogP contribution is -2.46. The molecule has 0 spiro atoms. The Morgan fingerprint density at radius 1 is 1.37 bits per heavy atom. The molecule has 1 rings (SSSR count). The van der Waals surface area contributed by atoms with Crippen LogP contribution in [-0.4, -0.2) is 29.4 Å². The lowest BCUT2D eigenvalue weighted by Gasteiger charge is -2.32. The van der Waals surface area contributed by atoms with Crippen molar-refractivity contribution < 1.29 is 4.79 Å². The van der Waals surface area contributed by atoms with Crippen molar-refractivity contribution in [2.75, 3.05) is 17.6 Å². The van der Waals surface area contributed by atoms with Crippen molar-refractivity contribution in [2.45, 2.75) is 46.2 Å². The third-order valence-electron chi connectivity index (χ3n) is 3.55. The second-order valence-corrected chi connectivity index (χ2v) is 4.88. The zero-order chi connectivity index (χ0) is 14.4. The maximum Gasteiger partial charge on any atom is 0.241 e. The van der Waals surface area contributed by atoms with E-state index in [1.165, 1.54) is 0 Å². The molecule has 19 heavy (non-hydrogen) atoms. The van der Waals surface area contributed by atoms with Gasteiger partial charge in [-0.1, -0.05) is 19.9 Å². The van der Waals surface area contributed by atoms with E-state index >= 15 is 0 Å². The molecule has 1 amide bonds. The number of hydrogen-bond acceptors (Lipinski definition) is 3. The number of benzene rings is 1. The van der Waals surface area contributed by atoms with Crippen LogP contribution in [-0.2, 0) is 4.79 Å². The zero-order valence-corrected chi connectivity index (χ0v) is 12.3. The van der Waals surface area contributed by atoms with Gasteiger partial charge in [-0.05, 0) is 45.0 Å². The molecule has 0 saturated carbocycles. The standard InChI is InChI=1S/C15H25N3O/c1-5-11(3)18(6-2)12(4)15(19)17-14-9-7-8-13(16)10-14/h7-12H,5-6,16H2,1-4H3,(H,17,19). The predicted octanol–water partition coefficient (Wildman–Crippen LogP) is 2.72. The zero-order valence-electron chi connectivity index (χ0n) is 12.3. The molecular weight excluding hydrogens is 238 g/mol. The average Bonchev–Trinajstić information content (AvgIpc) is 2.39. The van der Waals surface area contributed by atoms with Crippen molar-refractivity contribution in [3.05, 3.63) is 24.3 Å². The van der Waals surface area contributed by atoms with Gasteiger partial charge in [0.05, 0.1) is 6.04 Å². The molecule has 4 heteroatoms. The van der Waals surface area contributed by atoms with Gasteiger partial charge in [-0.2, -0.15) is 0 Å². The second kappa shape index (κ2) is 7.14. The van der Waals surface area contributed by atoms with E-state index < -0.39 is 0 Å². The molecule has 106 valence electrons. The Bertz CT molecular complexity index is 420. The third kappa shape index (κ3) is 4.24. The first-order valence-electron chi connectivity index (χ1n) is 6.91. The highest BCUT2D eigenvalue weighted by Crippen LogP contribution is 2.14. The molecule has 2 unspecified atom stereocenters. The normalized spacial score (nSPS) is 14.2. The molecule has 0 bridgehead atoms. The highest BCUT2D eigenvalue weighted by atomic mass is 16.2.